The van der Waals surface area contributed by atoms with E-state index in [0.29, 0.717) is 31.5 Å². The Morgan fingerprint density at radius 3 is 2.18 bits per heavy atom. The summed E-state index contributed by atoms with van der Waals surface area (Å²) < 4.78 is 0. The van der Waals surface area contributed by atoms with Crippen LogP contribution >= 0.6 is 0 Å². The van der Waals surface area contributed by atoms with Crippen molar-refractivity contribution in [2.45, 2.75) is 31.7 Å². The number of nitrogens with one attached hydrogen (secondary N) is 1. The number of aryl methyl sites for hydroxylation is 1. The fourth-order valence-corrected chi connectivity index (χ4v) is 3.35. The van der Waals surface area contributed by atoms with Gasteiger partial charge in [-0.05, 0) is 49.1 Å². The Labute approximate surface area is 164 Å². The van der Waals surface area contributed by atoms with E-state index < -0.39 is 5.97 Å². The lowest BCUT2D eigenvalue weighted by molar-refractivity contribution is -0.132. The van der Waals surface area contributed by atoms with Gasteiger partial charge in [0.2, 0.25) is 5.91 Å². The van der Waals surface area contributed by atoms with Crippen LogP contribution in [0.5, 0.6) is 0 Å². The molecule has 0 bridgehead atoms. The number of piperidine rings is 1. The number of carboxylic acid groups (broad SMARTS) is 1. The summed E-state index contributed by atoms with van der Waals surface area (Å²) in [5, 5.41) is 12.0. The number of likely N-dealkylation sites (tertiary alicyclic amines) is 1. The number of hydrogen-bond acceptors (Lipinski definition) is 3. The van der Waals surface area contributed by atoms with Gasteiger partial charge in [-0.25, -0.2) is 4.79 Å². The van der Waals surface area contributed by atoms with E-state index in [1.165, 1.54) is 0 Å². The number of amides is 2. The third-order valence-electron chi connectivity index (χ3n) is 5.05. The third kappa shape index (κ3) is 5.19. The Morgan fingerprint density at radius 1 is 0.929 bits per heavy atom. The molecule has 0 unspecified atom stereocenters. The molecule has 0 aromatic heterocycles. The first kappa shape index (κ1) is 19.6. The molecule has 1 saturated heterocycles. The van der Waals surface area contributed by atoms with Crippen molar-refractivity contribution >= 4 is 17.8 Å². The summed E-state index contributed by atoms with van der Waals surface area (Å²) in [5.41, 5.74) is 1.84. The maximum atomic E-state index is 12.4. The number of carbonyl (C=O) groups excluding carboxylic acids is 2. The van der Waals surface area contributed by atoms with E-state index in [9.17, 15) is 14.4 Å². The minimum Gasteiger partial charge on any atom is -0.478 e. The van der Waals surface area contributed by atoms with Gasteiger partial charge in [0.1, 0.15) is 0 Å². The van der Waals surface area contributed by atoms with Crippen molar-refractivity contribution < 1.29 is 19.5 Å². The molecule has 2 N–H and O–H groups in total. The standard InChI is InChI=1S/C22H24N2O4/c25-20(11-8-16-6-9-18(10-7-16)22(27)28)24-14-12-19(13-15-24)23-21(26)17-4-2-1-3-5-17/h1-7,9-10,19H,8,11-15H2,(H,23,26)(H,27,28). The Bertz CT molecular complexity index is 825. The fraction of sp³-hybridized carbons (Fsp3) is 0.318. The van der Waals surface area contributed by atoms with Crippen molar-refractivity contribution in [3.8, 4) is 0 Å². The zero-order valence-electron chi connectivity index (χ0n) is 15.6. The first-order valence-corrected chi connectivity index (χ1v) is 9.49. The average Bonchev–Trinajstić information content (AvgIpc) is 2.73. The molecular formula is C22H24N2O4. The quantitative estimate of drug-likeness (QED) is 0.807. The second-order valence-corrected chi connectivity index (χ2v) is 7.00. The predicted octanol–water partition coefficient (Wildman–Crippen LogP) is 2.74. The van der Waals surface area contributed by atoms with Crippen molar-refractivity contribution in [1.29, 1.82) is 0 Å². The molecule has 0 radical (unpaired) electrons. The van der Waals surface area contributed by atoms with E-state index in [-0.39, 0.29) is 23.4 Å². The lowest BCUT2D eigenvalue weighted by Crippen LogP contribution is -2.46. The highest BCUT2D eigenvalue weighted by Crippen LogP contribution is 2.14. The van der Waals surface area contributed by atoms with Gasteiger partial charge in [0.25, 0.3) is 5.91 Å². The zero-order valence-corrected chi connectivity index (χ0v) is 15.6. The predicted molar refractivity (Wildman–Crippen MR) is 105 cm³/mol. The summed E-state index contributed by atoms with van der Waals surface area (Å²) in [6.45, 7) is 1.27. The van der Waals surface area contributed by atoms with E-state index in [2.05, 4.69) is 5.32 Å². The molecule has 6 nitrogen and oxygen atoms in total. The van der Waals surface area contributed by atoms with Crippen LogP contribution in [0.25, 0.3) is 0 Å². The van der Waals surface area contributed by atoms with Crippen LogP contribution in [-0.4, -0.2) is 46.9 Å². The number of benzene rings is 2. The van der Waals surface area contributed by atoms with Crippen LogP contribution in [0, 0.1) is 0 Å². The van der Waals surface area contributed by atoms with Gasteiger partial charge < -0.3 is 15.3 Å². The smallest absolute Gasteiger partial charge is 0.335 e. The van der Waals surface area contributed by atoms with Gasteiger partial charge in [-0.15, -0.1) is 0 Å². The fourth-order valence-electron chi connectivity index (χ4n) is 3.35. The third-order valence-corrected chi connectivity index (χ3v) is 5.05. The van der Waals surface area contributed by atoms with Gasteiger partial charge in [-0.2, -0.15) is 0 Å². The molecule has 2 aromatic rings. The van der Waals surface area contributed by atoms with Gasteiger partial charge in [0.05, 0.1) is 5.56 Å². The highest BCUT2D eigenvalue weighted by molar-refractivity contribution is 5.94. The first-order chi connectivity index (χ1) is 13.5. The number of carboxylic acids is 1. The number of rotatable bonds is 6. The Morgan fingerprint density at radius 2 is 1.57 bits per heavy atom. The van der Waals surface area contributed by atoms with E-state index in [1.807, 2.05) is 23.1 Å². The highest BCUT2D eigenvalue weighted by Gasteiger charge is 2.23. The Kier molecular flexibility index (Phi) is 6.42. The van der Waals surface area contributed by atoms with Crippen LogP contribution in [0.15, 0.2) is 54.6 Å². The molecule has 2 aromatic carbocycles. The lowest BCUT2D eigenvalue weighted by Gasteiger charge is -2.32. The molecule has 1 fully saturated rings. The highest BCUT2D eigenvalue weighted by atomic mass is 16.4. The summed E-state index contributed by atoms with van der Waals surface area (Å²) in [6, 6.07) is 15.8. The molecule has 146 valence electrons. The normalized spacial score (nSPS) is 14.5. The molecule has 0 aliphatic carbocycles. The van der Waals surface area contributed by atoms with Crippen molar-refractivity contribution in [1.82, 2.24) is 10.2 Å². The summed E-state index contributed by atoms with van der Waals surface area (Å²) in [6.07, 6.45) is 2.48. The van der Waals surface area contributed by atoms with Crippen molar-refractivity contribution in [3.05, 3.63) is 71.3 Å². The zero-order chi connectivity index (χ0) is 19.9. The van der Waals surface area contributed by atoms with Gasteiger partial charge in [-0.1, -0.05) is 30.3 Å². The van der Waals surface area contributed by atoms with Crippen LogP contribution in [0.4, 0.5) is 0 Å². The molecule has 1 heterocycles. The van der Waals surface area contributed by atoms with E-state index in [0.717, 1.165) is 18.4 Å². The van der Waals surface area contributed by atoms with E-state index >= 15 is 0 Å². The molecule has 6 heteroatoms. The second kappa shape index (κ2) is 9.17. The maximum absolute atomic E-state index is 12.4. The summed E-state index contributed by atoms with van der Waals surface area (Å²) in [7, 11) is 0. The molecule has 2 amide bonds. The average molecular weight is 380 g/mol. The summed E-state index contributed by atoms with van der Waals surface area (Å²) in [5.74, 6) is -0.935. The minimum absolute atomic E-state index is 0.0739. The topological polar surface area (TPSA) is 86.7 Å². The number of hydrogen-bond donors (Lipinski definition) is 2. The first-order valence-electron chi connectivity index (χ1n) is 9.49. The van der Waals surface area contributed by atoms with Crippen LogP contribution in [-0.2, 0) is 11.2 Å². The molecule has 1 aliphatic heterocycles. The van der Waals surface area contributed by atoms with Gasteiger partial charge in [0.15, 0.2) is 0 Å². The SMILES string of the molecule is O=C(O)c1ccc(CCC(=O)N2CCC(NC(=O)c3ccccc3)CC2)cc1. The lowest BCUT2D eigenvalue weighted by atomic mass is 10.0. The Hall–Kier alpha value is -3.15. The van der Waals surface area contributed by atoms with Crippen LogP contribution < -0.4 is 5.32 Å². The monoisotopic (exact) mass is 380 g/mol. The van der Waals surface area contributed by atoms with Crippen molar-refractivity contribution in [2.75, 3.05) is 13.1 Å². The van der Waals surface area contributed by atoms with Gasteiger partial charge in [-0.3, -0.25) is 9.59 Å². The summed E-state index contributed by atoms with van der Waals surface area (Å²) >= 11 is 0. The maximum Gasteiger partial charge on any atom is 0.335 e. The second-order valence-electron chi connectivity index (χ2n) is 7.00. The van der Waals surface area contributed by atoms with Crippen molar-refractivity contribution in [2.24, 2.45) is 0 Å². The van der Waals surface area contributed by atoms with Crippen molar-refractivity contribution in [3.63, 3.8) is 0 Å². The molecular weight excluding hydrogens is 356 g/mol. The van der Waals surface area contributed by atoms with Crippen LogP contribution in [0.1, 0.15) is 45.5 Å². The molecule has 0 saturated carbocycles. The van der Waals surface area contributed by atoms with Crippen LogP contribution in [0.3, 0.4) is 0 Å². The van der Waals surface area contributed by atoms with E-state index in [4.69, 9.17) is 5.11 Å². The Balaban J connectivity index is 1.42. The molecule has 0 atom stereocenters. The largest absolute Gasteiger partial charge is 0.478 e. The minimum atomic E-state index is -0.954. The number of nitrogens with zero attached hydrogens (tertiary/aromatic N) is 1. The summed E-state index contributed by atoms with van der Waals surface area (Å²) in [4.78, 5) is 37.4. The molecule has 0 spiro atoms. The van der Waals surface area contributed by atoms with E-state index in [1.54, 1.807) is 36.4 Å². The van der Waals surface area contributed by atoms with Crippen LogP contribution in [0.2, 0.25) is 0 Å². The number of aromatic carboxylic acids is 1. The molecule has 1 aliphatic rings. The molecule has 28 heavy (non-hydrogen) atoms. The molecule has 3 rings (SSSR count). The van der Waals surface area contributed by atoms with Gasteiger partial charge in [0, 0.05) is 31.1 Å². The number of carbonyl (C=O) groups is 3. The van der Waals surface area contributed by atoms with Gasteiger partial charge >= 0.3 is 5.97 Å².